The summed E-state index contributed by atoms with van der Waals surface area (Å²) in [5.74, 6) is -0.721. The van der Waals surface area contributed by atoms with Crippen LogP contribution in [-0.4, -0.2) is 35.1 Å². The Morgan fingerprint density at radius 1 is 1.38 bits per heavy atom. The zero-order valence-electron chi connectivity index (χ0n) is 12.5. The summed E-state index contributed by atoms with van der Waals surface area (Å²) in [5.41, 5.74) is 0.231. The number of carbonyl (C=O) groups excluding carboxylic acids is 1. The van der Waals surface area contributed by atoms with Crippen LogP contribution >= 0.6 is 11.6 Å². The lowest BCUT2D eigenvalue weighted by atomic mass is 10.1. The zero-order valence-corrected chi connectivity index (χ0v) is 13.3. The first kappa shape index (κ1) is 17.3. The van der Waals surface area contributed by atoms with Crippen LogP contribution in [0.5, 0.6) is 0 Å². The number of nitrogens with one attached hydrogen (secondary N) is 1. The Labute approximate surface area is 129 Å². The second-order valence-corrected chi connectivity index (χ2v) is 5.41. The van der Waals surface area contributed by atoms with E-state index in [-0.39, 0.29) is 17.3 Å². The van der Waals surface area contributed by atoms with E-state index in [4.69, 9.17) is 16.7 Å². The highest BCUT2D eigenvalue weighted by Crippen LogP contribution is 2.21. The number of benzene rings is 1. The van der Waals surface area contributed by atoms with E-state index in [1.165, 1.54) is 18.2 Å². The molecule has 1 unspecified atom stereocenters. The van der Waals surface area contributed by atoms with Gasteiger partial charge < -0.3 is 15.3 Å². The largest absolute Gasteiger partial charge is 0.478 e. The number of halogens is 1. The van der Waals surface area contributed by atoms with Gasteiger partial charge in [-0.2, -0.15) is 0 Å². The van der Waals surface area contributed by atoms with Gasteiger partial charge in [-0.15, -0.1) is 0 Å². The van der Waals surface area contributed by atoms with E-state index in [2.05, 4.69) is 19.2 Å². The summed E-state index contributed by atoms with van der Waals surface area (Å²) in [6, 6.07) is 3.99. The lowest BCUT2D eigenvalue weighted by Crippen LogP contribution is -2.38. The van der Waals surface area contributed by atoms with Crippen LogP contribution in [0.25, 0.3) is 0 Å². The SMILES string of the molecule is CCC(C)CN(CC)C(=O)Nc1cc(Cl)ccc1C(=O)O. The van der Waals surface area contributed by atoms with Crippen LogP contribution in [0.4, 0.5) is 10.5 Å². The van der Waals surface area contributed by atoms with Crippen molar-refractivity contribution in [3.8, 4) is 0 Å². The van der Waals surface area contributed by atoms with E-state index in [0.29, 0.717) is 24.0 Å². The van der Waals surface area contributed by atoms with Gasteiger partial charge in [0, 0.05) is 18.1 Å². The third-order valence-corrected chi connectivity index (χ3v) is 3.59. The molecule has 0 heterocycles. The average Bonchev–Trinajstić information content (AvgIpc) is 2.43. The number of carboxylic acids is 1. The Morgan fingerprint density at radius 3 is 2.57 bits per heavy atom. The normalized spacial score (nSPS) is 11.8. The van der Waals surface area contributed by atoms with Crippen LogP contribution in [0.1, 0.15) is 37.6 Å². The minimum Gasteiger partial charge on any atom is -0.478 e. The molecule has 1 aromatic rings. The van der Waals surface area contributed by atoms with Crippen molar-refractivity contribution in [2.24, 2.45) is 5.92 Å². The summed E-state index contributed by atoms with van der Waals surface area (Å²) < 4.78 is 0. The molecule has 0 aromatic heterocycles. The summed E-state index contributed by atoms with van der Waals surface area (Å²) in [6.45, 7) is 7.20. The first-order valence-electron chi connectivity index (χ1n) is 6.97. The lowest BCUT2D eigenvalue weighted by Gasteiger charge is -2.24. The fourth-order valence-electron chi connectivity index (χ4n) is 1.86. The van der Waals surface area contributed by atoms with Crippen molar-refractivity contribution < 1.29 is 14.7 Å². The molecule has 0 aliphatic heterocycles. The predicted octanol–water partition coefficient (Wildman–Crippen LogP) is 3.94. The first-order chi connectivity index (χ1) is 9.88. The Hall–Kier alpha value is -1.75. The predicted molar refractivity (Wildman–Crippen MR) is 84.1 cm³/mol. The maximum absolute atomic E-state index is 12.3. The van der Waals surface area contributed by atoms with Crippen LogP contribution < -0.4 is 5.32 Å². The van der Waals surface area contributed by atoms with Crippen LogP contribution in [0, 0.1) is 5.92 Å². The number of hydrogen-bond donors (Lipinski definition) is 2. The molecule has 0 saturated heterocycles. The number of aromatic carboxylic acids is 1. The van der Waals surface area contributed by atoms with Crippen molar-refractivity contribution in [2.45, 2.75) is 27.2 Å². The fraction of sp³-hybridized carbons (Fsp3) is 0.467. The Balaban J connectivity index is 2.91. The second-order valence-electron chi connectivity index (χ2n) is 4.98. The van der Waals surface area contributed by atoms with E-state index in [9.17, 15) is 9.59 Å². The monoisotopic (exact) mass is 312 g/mol. The molecule has 1 aromatic carbocycles. The van der Waals surface area contributed by atoms with Crippen molar-refractivity contribution in [3.63, 3.8) is 0 Å². The molecule has 1 rings (SSSR count). The molecular weight excluding hydrogens is 292 g/mol. The number of carboxylic acid groups (broad SMARTS) is 1. The summed E-state index contributed by atoms with van der Waals surface area (Å²) in [5, 5.41) is 12.2. The molecule has 0 aliphatic rings. The summed E-state index contributed by atoms with van der Waals surface area (Å²) in [7, 11) is 0. The number of carbonyl (C=O) groups is 2. The minimum atomic E-state index is -1.10. The van der Waals surface area contributed by atoms with Crippen LogP contribution in [0.3, 0.4) is 0 Å². The summed E-state index contributed by atoms with van der Waals surface area (Å²) in [4.78, 5) is 25.1. The summed E-state index contributed by atoms with van der Waals surface area (Å²) in [6.07, 6.45) is 0.974. The van der Waals surface area contributed by atoms with E-state index >= 15 is 0 Å². The quantitative estimate of drug-likeness (QED) is 0.836. The molecular formula is C15H21ClN2O3. The van der Waals surface area contributed by atoms with Crippen molar-refractivity contribution in [3.05, 3.63) is 28.8 Å². The third kappa shape index (κ3) is 4.93. The lowest BCUT2D eigenvalue weighted by molar-refractivity contribution is 0.0698. The van der Waals surface area contributed by atoms with Crippen LogP contribution in [0.15, 0.2) is 18.2 Å². The molecule has 1 atom stereocenters. The Kier molecular flexibility index (Phi) is 6.49. The van der Waals surface area contributed by atoms with Crippen LogP contribution in [-0.2, 0) is 0 Å². The highest BCUT2D eigenvalue weighted by Gasteiger charge is 2.18. The molecule has 116 valence electrons. The van der Waals surface area contributed by atoms with Gasteiger partial charge in [0.05, 0.1) is 11.3 Å². The number of rotatable bonds is 6. The molecule has 6 heteroatoms. The molecule has 0 aliphatic carbocycles. The highest BCUT2D eigenvalue weighted by molar-refractivity contribution is 6.31. The number of nitrogens with zero attached hydrogens (tertiary/aromatic N) is 1. The standard InChI is InChI=1S/C15H21ClN2O3/c1-4-10(3)9-18(5-2)15(21)17-13-8-11(16)6-7-12(13)14(19)20/h6-8,10H,4-5,9H2,1-3H3,(H,17,21)(H,19,20). The van der Waals surface area contributed by atoms with Crippen molar-refractivity contribution in [1.82, 2.24) is 4.90 Å². The van der Waals surface area contributed by atoms with Crippen molar-refractivity contribution >= 4 is 29.3 Å². The Morgan fingerprint density at radius 2 is 2.05 bits per heavy atom. The molecule has 0 fully saturated rings. The zero-order chi connectivity index (χ0) is 16.0. The molecule has 5 nitrogen and oxygen atoms in total. The van der Waals surface area contributed by atoms with E-state index in [1.807, 2.05) is 6.92 Å². The van der Waals surface area contributed by atoms with E-state index in [1.54, 1.807) is 4.90 Å². The van der Waals surface area contributed by atoms with E-state index in [0.717, 1.165) is 6.42 Å². The minimum absolute atomic E-state index is 0.0207. The average molecular weight is 313 g/mol. The second kappa shape index (κ2) is 7.88. The molecule has 0 bridgehead atoms. The van der Waals surface area contributed by atoms with Crippen LogP contribution in [0.2, 0.25) is 5.02 Å². The van der Waals surface area contributed by atoms with Gasteiger partial charge >= 0.3 is 12.0 Å². The molecule has 0 spiro atoms. The van der Waals surface area contributed by atoms with Gasteiger partial charge in [0.1, 0.15) is 0 Å². The molecule has 0 saturated carbocycles. The maximum Gasteiger partial charge on any atom is 0.337 e. The van der Waals surface area contributed by atoms with Crippen molar-refractivity contribution in [2.75, 3.05) is 18.4 Å². The van der Waals surface area contributed by atoms with Gasteiger partial charge in [0.2, 0.25) is 0 Å². The van der Waals surface area contributed by atoms with Gasteiger partial charge in [-0.05, 0) is 31.0 Å². The number of amides is 2. The smallest absolute Gasteiger partial charge is 0.337 e. The summed E-state index contributed by atoms with van der Waals surface area (Å²) >= 11 is 5.87. The van der Waals surface area contributed by atoms with Gasteiger partial charge in [-0.1, -0.05) is 31.9 Å². The van der Waals surface area contributed by atoms with Gasteiger partial charge in [-0.3, -0.25) is 0 Å². The molecule has 21 heavy (non-hydrogen) atoms. The highest BCUT2D eigenvalue weighted by atomic mass is 35.5. The number of anilines is 1. The molecule has 2 amide bonds. The topological polar surface area (TPSA) is 69.6 Å². The number of hydrogen-bond acceptors (Lipinski definition) is 2. The van der Waals surface area contributed by atoms with Gasteiger partial charge in [0.15, 0.2) is 0 Å². The van der Waals surface area contributed by atoms with E-state index < -0.39 is 5.97 Å². The van der Waals surface area contributed by atoms with Gasteiger partial charge in [0.25, 0.3) is 0 Å². The molecule has 0 radical (unpaired) electrons. The maximum atomic E-state index is 12.3. The Bertz CT molecular complexity index is 520. The third-order valence-electron chi connectivity index (χ3n) is 3.35. The molecule has 2 N–H and O–H groups in total. The first-order valence-corrected chi connectivity index (χ1v) is 7.35. The van der Waals surface area contributed by atoms with Gasteiger partial charge in [-0.25, -0.2) is 9.59 Å². The van der Waals surface area contributed by atoms with Crippen molar-refractivity contribution in [1.29, 1.82) is 0 Å². The number of urea groups is 1. The fourth-order valence-corrected chi connectivity index (χ4v) is 2.03.